The Morgan fingerprint density at radius 1 is 1.33 bits per heavy atom. The lowest BCUT2D eigenvalue weighted by Crippen LogP contribution is -1.99. The van der Waals surface area contributed by atoms with Gasteiger partial charge in [-0.05, 0) is 26.0 Å². The van der Waals surface area contributed by atoms with E-state index in [1.807, 2.05) is 6.07 Å². The van der Waals surface area contributed by atoms with Crippen LogP contribution in [0.1, 0.15) is 17.0 Å². The van der Waals surface area contributed by atoms with Crippen LogP contribution in [-0.2, 0) is 0 Å². The first kappa shape index (κ1) is 14.3. The maximum atomic E-state index is 13.8. The van der Waals surface area contributed by atoms with E-state index in [9.17, 15) is 14.5 Å². The minimum atomic E-state index is -0.907. The Morgan fingerprint density at radius 2 is 2.05 bits per heavy atom. The lowest BCUT2D eigenvalue weighted by molar-refractivity contribution is -0.385. The molecule has 0 unspecified atom stereocenters. The van der Waals surface area contributed by atoms with E-state index in [1.54, 1.807) is 6.92 Å². The van der Waals surface area contributed by atoms with Crippen LogP contribution in [0.5, 0.6) is 11.8 Å². The molecule has 0 radical (unpaired) electrons. The zero-order valence-corrected chi connectivity index (χ0v) is 11.1. The maximum absolute atomic E-state index is 13.8. The fraction of sp³-hybridized carbons (Fsp3) is 0.154. The standard InChI is InChI=1S/C13H9FN4O3/c1-7-3-12(10(14)5-11(7)18(19)20)21-13-16-8(2)4-9(6-15)17-13/h3-5H,1-2H3. The Balaban J connectivity index is 2.41. The van der Waals surface area contributed by atoms with Crippen molar-refractivity contribution in [1.29, 1.82) is 5.26 Å². The van der Waals surface area contributed by atoms with Crippen molar-refractivity contribution in [3.8, 4) is 17.8 Å². The summed E-state index contributed by atoms with van der Waals surface area (Å²) in [6.45, 7) is 3.09. The molecule has 1 heterocycles. The first-order chi connectivity index (χ1) is 9.90. The highest BCUT2D eigenvalue weighted by atomic mass is 19.1. The quantitative estimate of drug-likeness (QED) is 0.635. The number of hydrogen-bond acceptors (Lipinski definition) is 6. The molecule has 0 aliphatic rings. The molecule has 0 aliphatic heterocycles. The first-order valence-electron chi connectivity index (χ1n) is 5.79. The maximum Gasteiger partial charge on any atom is 0.323 e. The van der Waals surface area contributed by atoms with Crippen molar-refractivity contribution >= 4 is 5.69 Å². The van der Waals surface area contributed by atoms with Gasteiger partial charge in [0.05, 0.1) is 11.0 Å². The van der Waals surface area contributed by atoms with Gasteiger partial charge in [0.2, 0.25) is 0 Å². The molecular weight excluding hydrogens is 279 g/mol. The van der Waals surface area contributed by atoms with E-state index in [1.165, 1.54) is 19.1 Å². The molecule has 7 nitrogen and oxygen atoms in total. The van der Waals surface area contributed by atoms with Gasteiger partial charge < -0.3 is 4.74 Å². The molecule has 0 aliphatic carbocycles. The predicted octanol–water partition coefficient (Wildman–Crippen LogP) is 2.80. The summed E-state index contributed by atoms with van der Waals surface area (Å²) in [6, 6.07) is 5.04. The van der Waals surface area contributed by atoms with Gasteiger partial charge >= 0.3 is 6.01 Å². The highest BCUT2D eigenvalue weighted by Crippen LogP contribution is 2.29. The van der Waals surface area contributed by atoms with E-state index in [2.05, 4.69) is 9.97 Å². The zero-order valence-electron chi connectivity index (χ0n) is 11.1. The molecule has 0 saturated heterocycles. The van der Waals surface area contributed by atoms with Gasteiger partial charge in [0.25, 0.3) is 5.69 Å². The van der Waals surface area contributed by atoms with Crippen molar-refractivity contribution in [2.24, 2.45) is 0 Å². The molecule has 1 aromatic carbocycles. The Labute approximate surface area is 118 Å². The number of aromatic nitrogens is 2. The molecule has 1 aromatic heterocycles. The number of nitriles is 1. The second kappa shape index (κ2) is 5.50. The molecule has 0 amide bonds. The van der Waals surface area contributed by atoms with Crippen molar-refractivity contribution in [3.05, 3.63) is 51.1 Å². The third-order valence-electron chi connectivity index (χ3n) is 2.60. The average molecular weight is 288 g/mol. The van der Waals surface area contributed by atoms with Crippen LogP contribution in [0.4, 0.5) is 10.1 Å². The van der Waals surface area contributed by atoms with E-state index < -0.39 is 10.7 Å². The number of nitrogens with zero attached hydrogens (tertiary/aromatic N) is 4. The van der Waals surface area contributed by atoms with Gasteiger partial charge in [-0.25, -0.2) is 9.37 Å². The van der Waals surface area contributed by atoms with Crippen LogP contribution in [0.25, 0.3) is 0 Å². The number of nitro benzene ring substituents is 1. The predicted molar refractivity (Wildman–Crippen MR) is 69.3 cm³/mol. The molecule has 0 atom stereocenters. The summed E-state index contributed by atoms with van der Waals surface area (Å²) in [4.78, 5) is 17.7. The second-order valence-electron chi connectivity index (χ2n) is 4.22. The van der Waals surface area contributed by atoms with Gasteiger partial charge in [-0.2, -0.15) is 10.2 Å². The Morgan fingerprint density at radius 3 is 2.67 bits per heavy atom. The summed E-state index contributed by atoms with van der Waals surface area (Å²) in [5.74, 6) is -1.15. The van der Waals surface area contributed by atoms with E-state index >= 15 is 0 Å². The Bertz CT molecular complexity index is 771. The van der Waals surface area contributed by atoms with Gasteiger partial charge in [-0.3, -0.25) is 10.1 Å². The van der Waals surface area contributed by atoms with Crippen molar-refractivity contribution in [2.45, 2.75) is 13.8 Å². The lowest BCUT2D eigenvalue weighted by atomic mass is 10.2. The summed E-state index contributed by atoms with van der Waals surface area (Å²) >= 11 is 0. The van der Waals surface area contributed by atoms with Gasteiger partial charge in [0.1, 0.15) is 11.8 Å². The van der Waals surface area contributed by atoms with Crippen molar-refractivity contribution in [3.63, 3.8) is 0 Å². The van der Waals surface area contributed by atoms with Crippen LogP contribution in [-0.4, -0.2) is 14.9 Å². The Hall–Kier alpha value is -3.08. The van der Waals surface area contributed by atoms with Gasteiger partial charge in [0, 0.05) is 11.3 Å². The van der Waals surface area contributed by atoms with E-state index in [-0.39, 0.29) is 28.7 Å². The molecule has 21 heavy (non-hydrogen) atoms. The Kier molecular flexibility index (Phi) is 3.75. The molecule has 2 aromatic rings. The lowest BCUT2D eigenvalue weighted by Gasteiger charge is -2.07. The largest absolute Gasteiger partial charge is 0.421 e. The van der Waals surface area contributed by atoms with Gasteiger partial charge in [0.15, 0.2) is 11.6 Å². The molecule has 0 fully saturated rings. The monoisotopic (exact) mass is 288 g/mol. The normalized spacial score (nSPS) is 10.0. The van der Waals surface area contributed by atoms with E-state index in [0.717, 1.165) is 6.07 Å². The summed E-state index contributed by atoms with van der Waals surface area (Å²) in [5.41, 5.74) is 0.458. The SMILES string of the molecule is Cc1cc(C#N)nc(Oc2cc(C)c([N+](=O)[O-])cc2F)n1. The summed E-state index contributed by atoms with van der Waals surface area (Å²) in [7, 11) is 0. The zero-order chi connectivity index (χ0) is 15.6. The van der Waals surface area contributed by atoms with Gasteiger partial charge in [-0.15, -0.1) is 0 Å². The number of aryl methyl sites for hydroxylation is 2. The van der Waals surface area contributed by atoms with Crippen LogP contribution >= 0.6 is 0 Å². The number of benzene rings is 1. The highest BCUT2D eigenvalue weighted by molar-refractivity contribution is 5.46. The number of rotatable bonds is 3. The first-order valence-corrected chi connectivity index (χ1v) is 5.79. The smallest absolute Gasteiger partial charge is 0.323 e. The molecule has 106 valence electrons. The number of halogens is 1. The van der Waals surface area contributed by atoms with Crippen LogP contribution in [0, 0.1) is 41.1 Å². The van der Waals surface area contributed by atoms with E-state index in [4.69, 9.17) is 10.00 Å². The molecule has 0 spiro atoms. The average Bonchev–Trinajstić information content (AvgIpc) is 2.41. The minimum Gasteiger partial charge on any atom is -0.421 e. The molecule has 2 rings (SSSR count). The van der Waals surface area contributed by atoms with Crippen LogP contribution < -0.4 is 4.74 Å². The van der Waals surface area contributed by atoms with Crippen molar-refractivity contribution in [2.75, 3.05) is 0 Å². The van der Waals surface area contributed by atoms with Crippen molar-refractivity contribution < 1.29 is 14.1 Å². The molecule has 0 saturated carbocycles. The summed E-state index contributed by atoms with van der Waals surface area (Å²) < 4.78 is 19.0. The van der Waals surface area contributed by atoms with Gasteiger partial charge in [-0.1, -0.05) is 0 Å². The summed E-state index contributed by atoms with van der Waals surface area (Å²) in [5, 5.41) is 19.5. The molecule has 0 bridgehead atoms. The van der Waals surface area contributed by atoms with E-state index in [0.29, 0.717) is 5.69 Å². The fourth-order valence-corrected chi connectivity index (χ4v) is 1.66. The van der Waals surface area contributed by atoms with Crippen LogP contribution in [0.15, 0.2) is 18.2 Å². The van der Waals surface area contributed by atoms with Crippen molar-refractivity contribution in [1.82, 2.24) is 9.97 Å². The van der Waals surface area contributed by atoms with Crippen LogP contribution in [0.3, 0.4) is 0 Å². The fourth-order valence-electron chi connectivity index (χ4n) is 1.66. The number of hydrogen-bond donors (Lipinski definition) is 0. The number of ether oxygens (including phenoxy) is 1. The topological polar surface area (TPSA) is 102 Å². The molecular formula is C13H9FN4O3. The highest BCUT2D eigenvalue weighted by Gasteiger charge is 2.17. The third-order valence-corrected chi connectivity index (χ3v) is 2.60. The minimum absolute atomic E-state index is 0.0801. The molecule has 0 N–H and O–H groups in total. The second-order valence-corrected chi connectivity index (χ2v) is 4.22. The molecule has 8 heteroatoms. The van der Waals surface area contributed by atoms with Crippen LogP contribution in [0.2, 0.25) is 0 Å². The summed E-state index contributed by atoms with van der Waals surface area (Å²) in [6.07, 6.45) is 0. The number of nitro groups is 1. The third kappa shape index (κ3) is 3.09.